The molecule has 7 nitrogen and oxygen atoms in total. The molecule has 1 aliphatic carbocycles. The van der Waals surface area contributed by atoms with Crippen molar-refractivity contribution in [2.45, 2.75) is 44.7 Å². The van der Waals surface area contributed by atoms with Crippen LogP contribution in [0.5, 0.6) is 0 Å². The lowest BCUT2D eigenvalue weighted by Crippen LogP contribution is -2.51. The van der Waals surface area contributed by atoms with E-state index in [4.69, 9.17) is 4.74 Å². The molecule has 0 saturated carbocycles. The van der Waals surface area contributed by atoms with Gasteiger partial charge >= 0.3 is 12.1 Å². The molecule has 1 unspecified atom stereocenters. The zero-order valence-corrected chi connectivity index (χ0v) is 18.1. The molecule has 32 heavy (non-hydrogen) atoms. The highest BCUT2D eigenvalue weighted by atomic mass is 16.5. The van der Waals surface area contributed by atoms with Crippen molar-refractivity contribution in [3.05, 3.63) is 59.7 Å². The maximum atomic E-state index is 12.5. The lowest BCUT2D eigenvalue weighted by Gasteiger charge is -2.20. The highest BCUT2D eigenvalue weighted by molar-refractivity contribution is 5.89. The summed E-state index contributed by atoms with van der Waals surface area (Å²) in [5.41, 5.74) is 4.40. The minimum atomic E-state index is -1.14. The average molecular weight is 434 g/mol. The van der Waals surface area contributed by atoms with E-state index in [1.807, 2.05) is 48.5 Å². The fourth-order valence-corrected chi connectivity index (χ4v) is 3.81. The summed E-state index contributed by atoms with van der Waals surface area (Å²) in [4.78, 5) is 36.3. The molecule has 0 aliphatic heterocycles. The maximum Gasteiger partial charge on any atom is 0.407 e. The Bertz CT molecular complexity index is 1020. The van der Waals surface area contributed by atoms with E-state index in [2.05, 4.69) is 22.5 Å². The minimum Gasteiger partial charge on any atom is -0.480 e. The third kappa shape index (κ3) is 5.09. The van der Waals surface area contributed by atoms with Crippen LogP contribution in [0.25, 0.3) is 11.1 Å². The van der Waals surface area contributed by atoms with E-state index in [0.717, 1.165) is 22.3 Å². The fraction of sp³-hybridized carbons (Fsp3) is 0.320. The molecule has 0 bridgehead atoms. The van der Waals surface area contributed by atoms with Gasteiger partial charge in [0.1, 0.15) is 18.7 Å². The van der Waals surface area contributed by atoms with Crippen molar-refractivity contribution >= 4 is 18.0 Å². The predicted octanol–water partition coefficient (Wildman–Crippen LogP) is 3.29. The van der Waals surface area contributed by atoms with Gasteiger partial charge in [0.15, 0.2) is 0 Å². The SMILES string of the molecule is CC#CCC(NC(=O)OCC1c2ccccc2-c2ccccc21)C(=O)N[C@H](CC)C(=O)O. The number of carboxylic acid groups (broad SMARTS) is 1. The summed E-state index contributed by atoms with van der Waals surface area (Å²) in [6.07, 6.45) is -0.492. The van der Waals surface area contributed by atoms with E-state index >= 15 is 0 Å². The van der Waals surface area contributed by atoms with Crippen LogP contribution in [-0.2, 0) is 14.3 Å². The highest BCUT2D eigenvalue weighted by Gasteiger charge is 2.30. The number of benzene rings is 2. The van der Waals surface area contributed by atoms with Crippen LogP contribution in [0.2, 0.25) is 0 Å². The summed E-state index contributed by atoms with van der Waals surface area (Å²) in [5, 5.41) is 14.1. The van der Waals surface area contributed by atoms with Gasteiger partial charge in [-0.15, -0.1) is 11.8 Å². The summed E-state index contributed by atoms with van der Waals surface area (Å²) in [6, 6.07) is 13.9. The number of alkyl carbamates (subject to hydrolysis) is 1. The molecule has 3 rings (SSSR count). The van der Waals surface area contributed by atoms with Gasteiger partial charge in [0.2, 0.25) is 5.91 Å². The Morgan fingerprint density at radius 3 is 2.12 bits per heavy atom. The maximum absolute atomic E-state index is 12.5. The highest BCUT2D eigenvalue weighted by Crippen LogP contribution is 2.44. The largest absolute Gasteiger partial charge is 0.480 e. The molecule has 7 heteroatoms. The van der Waals surface area contributed by atoms with Crippen molar-refractivity contribution in [2.75, 3.05) is 6.61 Å². The molecule has 1 aliphatic rings. The van der Waals surface area contributed by atoms with Crippen molar-refractivity contribution in [1.82, 2.24) is 10.6 Å². The second-order valence-electron chi connectivity index (χ2n) is 7.46. The zero-order chi connectivity index (χ0) is 23.1. The Hall–Kier alpha value is -3.79. The smallest absolute Gasteiger partial charge is 0.407 e. The van der Waals surface area contributed by atoms with E-state index in [-0.39, 0.29) is 25.4 Å². The number of ether oxygens (including phenoxy) is 1. The molecular formula is C25H26N2O5. The molecular weight excluding hydrogens is 408 g/mol. The molecule has 2 aromatic carbocycles. The summed E-state index contributed by atoms with van der Waals surface area (Å²) in [5.74, 6) is 3.57. The third-order valence-electron chi connectivity index (χ3n) is 5.46. The summed E-state index contributed by atoms with van der Waals surface area (Å²) in [7, 11) is 0. The third-order valence-corrected chi connectivity index (χ3v) is 5.46. The fourth-order valence-electron chi connectivity index (χ4n) is 3.81. The quantitative estimate of drug-likeness (QED) is 0.553. The number of fused-ring (bicyclic) bond motifs is 3. The van der Waals surface area contributed by atoms with E-state index < -0.39 is 30.1 Å². The van der Waals surface area contributed by atoms with Crippen LogP contribution in [-0.4, -0.2) is 41.8 Å². The van der Waals surface area contributed by atoms with Crippen molar-refractivity contribution in [2.24, 2.45) is 0 Å². The topological polar surface area (TPSA) is 105 Å². The van der Waals surface area contributed by atoms with Crippen molar-refractivity contribution in [3.8, 4) is 23.0 Å². The van der Waals surface area contributed by atoms with E-state index in [1.54, 1.807) is 13.8 Å². The molecule has 0 radical (unpaired) electrons. The van der Waals surface area contributed by atoms with Gasteiger partial charge in [0.05, 0.1) is 0 Å². The first-order chi connectivity index (χ1) is 15.5. The number of aliphatic carboxylic acids is 1. The van der Waals surface area contributed by atoms with Gasteiger partial charge in [-0.2, -0.15) is 0 Å². The molecule has 0 fully saturated rings. The van der Waals surface area contributed by atoms with Crippen molar-refractivity contribution in [3.63, 3.8) is 0 Å². The summed E-state index contributed by atoms with van der Waals surface area (Å²) in [6.45, 7) is 3.38. The van der Waals surface area contributed by atoms with Crippen LogP contribution in [0.15, 0.2) is 48.5 Å². The zero-order valence-electron chi connectivity index (χ0n) is 18.1. The number of carbonyl (C=O) groups excluding carboxylic acids is 2. The number of hydrogen-bond donors (Lipinski definition) is 3. The van der Waals surface area contributed by atoms with Crippen LogP contribution in [0.1, 0.15) is 43.7 Å². The van der Waals surface area contributed by atoms with E-state index in [1.165, 1.54) is 0 Å². The molecule has 2 aromatic rings. The number of carboxylic acids is 1. The van der Waals surface area contributed by atoms with Crippen molar-refractivity contribution < 1.29 is 24.2 Å². The standard InChI is InChI=1S/C25H26N2O5/c1-3-5-14-22(23(28)26-21(4-2)24(29)30)27-25(31)32-15-20-18-12-8-6-10-16(18)17-11-7-9-13-19(17)20/h6-13,20-22H,4,14-15H2,1-2H3,(H,26,28)(H,27,31)(H,29,30)/t21-,22?/m1/s1. The number of nitrogens with one attached hydrogen (secondary N) is 2. The normalized spacial score (nSPS) is 13.6. The second kappa shape index (κ2) is 10.5. The van der Waals surface area contributed by atoms with Crippen LogP contribution >= 0.6 is 0 Å². The molecule has 2 amide bonds. The van der Waals surface area contributed by atoms with Crippen LogP contribution in [0, 0.1) is 11.8 Å². The molecule has 2 atom stereocenters. The van der Waals surface area contributed by atoms with Gasteiger partial charge in [0, 0.05) is 12.3 Å². The van der Waals surface area contributed by atoms with Crippen LogP contribution in [0.3, 0.4) is 0 Å². The summed E-state index contributed by atoms with van der Waals surface area (Å²) >= 11 is 0. The molecule has 166 valence electrons. The van der Waals surface area contributed by atoms with Crippen LogP contribution < -0.4 is 10.6 Å². The number of carbonyl (C=O) groups is 3. The first-order valence-electron chi connectivity index (χ1n) is 10.5. The lowest BCUT2D eigenvalue weighted by molar-refractivity contribution is -0.142. The Morgan fingerprint density at radius 1 is 1.00 bits per heavy atom. The lowest BCUT2D eigenvalue weighted by atomic mass is 9.98. The van der Waals surface area contributed by atoms with Gasteiger partial charge < -0.3 is 20.5 Å². The number of hydrogen-bond acceptors (Lipinski definition) is 4. The molecule has 0 saturated heterocycles. The Morgan fingerprint density at radius 2 is 1.59 bits per heavy atom. The van der Waals surface area contributed by atoms with Gasteiger partial charge in [-0.05, 0) is 35.6 Å². The van der Waals surface area contributed by atoms with Crippen LogP contribution in [0.4, 0.5) is 4.79 Å². The predicted molar refractivity (Wildman–Crippen MR) is 120 cm³/mol. The van der Waals surface area contributed by atoms with Crippen molar-refractivity contribution in [1.29, 1.82) is 0 Å². The van der Waals surface area contributed by atoms with Gasteiger partial charge in [-0.1, -0.05) is 55.5 Å². The Kier molecular flexibility index (Phi) is 7.50. The monoisotopic (exact) mass is 434 g/mol. The first-order valence-corrected chi connectivity index (χ1v) is 10.5. The summed E-state index contributed by atoms with van der Waals surface area (Å²) < 4.78 is 5.48. The van der Waals surface area contributed by atoms with Gasteiger partial charge in [0.25, 0.3) is 0 Å². The molecule has 3 N–H and O–H groups in total. The number of amides is 2. The Labute approximate surface area is 187 Å². The average Bonchev–Trinajstić information content (AvgIpc) is 3.12. The minimum absolute atomic E-state index is 0.0442. The molecule has 0 aromatic heterocycles. The molecule has 0 heterocycles. The van der Waals surface area contributed by atoms with E-state index in [9.17, 15) is 19.5 Å². The first kappa shape index (κ1) is 22.9. The van der Waals surface area contributed by atoms with E-state index in [0.29, 0.717) is 0 Å². The second-order valence-corrected chi connectivity index (χ2v) is 7.46. The Balaban J connectivity index is 1.67. The number of rotatable bonds is 8. The van der Waals surface area contributed by atoms with Gasteiger partial charge in [-0.25, -0.2) is 9.59 Å². The molecule has 0 spiro atoms. The van der Waals surface area contributed by atoms with Gasteiger partial charge in [-0.3, -0.25) is 4.79 Å².